The molecule has 0 aromatic heterocycles. The van der Waals surface area contributed by atoms with Crippen LogP contribution in [0.3, 0.4) is 0 Å². The van der Waals surface area contributed by atoms with E-state index in [0.29, 0.717) is 17.5 Å². The molecule has 1 aliphatic rings. The highest BCUT2D eigenvalue weighted by Crippen LogP contribution is 2.27. The van der Waals surface area contributed by atoms with Gasteiger partial charge in [0.15, 0.2) is 16.7 Å². The van der Waals surface area contributed by atoms with Crippen LogP contribution in [0.4, 0.5) is 0 Å². The third-order valence-electron chi connectivity index (χ3n) is 3.19. The Kier molecular flexibility index (Phi) is 6.46. The summed E-state index contributed by atoms with van der Waals surface area (Å²) in [6, 6.07) is 5.58. The van der Waals surface area contributed by atoms with Gasteiger partial charge in [0.2, 0.25) is 5.91 Å². The number of ether oxygens (including phenoxy) is 2. The van der Waals surface area contributed by atoms with Gasteiger partial charge in [0, 0.05) is 0 Å². The lowest BCUT2D eigenvalue weighted by molar-refractivity contribution is -0.118. The zero-order valence-corrected chi connectivity index (χ0v) is 14.4. The Balaban J connectivity index is 2.01. The van der Waals surface area contributed by atoms with E-state index in [0.717, 1.165) is 24.2 Å². The first-order valence-electron chi connectivity index (χ1n) is 7.53. The van der Waals surface area contributed by atoms with Crippen LogP contribution >= 0.6 is 11.8 Å². The SMILES string of the molecule is CCCCOc1ccc(C=NN=C2NC(=O)C(C)S2)cc1OC. The summed E-state index contributed by atoms with van der Waals surface area (Å²) in [7, 11) is 1.61. The van der Waals surface area contributed by atoms with Crippen molar-refractivity contribution in [2.24, 2.45) is 10.2 Å². The van der Waals surface area contributed by atoms with Crippen LogP contribution in [0.1, 0.15) is 32.3 Å². The van der Waals surface area contributed by atoms with Gasteiger partial charge in [-0.05, 0) is 37.1 Å². The predicted octanol–water partition coefficient (Wildman–Crippen LogP) is 2.82. The summed E-state index contributed by atoms with van der Waals surface area (Å²) in [5.74, 6) is 1.34. The number of amides is 1. The van der Waals surface area contributed by atoms with E-state index < -0.39 is 0 Å². The van der Waals surface area contributed by atoms with Crippen molar-refractivity contribution < 1.29 is 14.3 Å². The Morgan fingerprint density at radius 1 is 1.39 bits per heavy atom. The highest BCUT2D eigenvalue weighted by Gasteiger charge is 2.25. The van der Waals surface area contributed by atoms with Gasteiger partial charge in [0.25, 0.3) is 0 Å². The summed E-state index contributed by atoms with van der Waals surface area (Å²) in [6.45, 7) is 4.62. The molecule has 1 aromatic carbocycles. The van der Waals surface area contributed by atoms with Crippen molar-refractivity contribution in [2.75, 3.05) is 13.7 Å². The molecule has 23 heavy (non-hydrogen) atoms. The minimum Gasteiger partial charge on any atom is -0.493 e. The Labute approximate surface area is 140 Å². The first-order valence-corrected chi connectivity index (χ1v) is 8.41. The number of benzene rings is 1. The maximum Gasteiger partial charge on any atom is 0.239 e. The van der Waals surface area contributed by atoms with Gasteiger partial charge in [0.1, 0.15) is 0 Å². The fraction of sp³-hybridized carbons (Fsp3) is 0.438. The maximum atomic E-state index is 11.4. The number of hydrogen-bond acceptors (Lipinski definition) is 6. The van der Waals surface area contributed by atoms with Crippen molar-refractivity contribution in [3.05, 3.63) is 23.8 Å². The zero-order chi connectivity index (χ0) is 16.7. The third-order valence-corrected chi connectivity index (χ3v) is 4.16. The second-order valence-corrected chi connectivity index (χ2v) is 6.34. The van der Waals surface area contributed by atoms with Crippen LogP contribution in [0.2, 0.25) is 0 Å². The number of methoxy groups -OCH3 is 1. The molecule has 1 N–H and O–H groups in total. The van der Waals surface area contributed by atoms with E-state index in [2.05, 4.69) is 22.4 Å². The quantitative estimate of drug-likeness (QED) is 0.472. The number of amidine groups is 1. The van der Waals surface area contributed by atoms with Crippen molar-refractivity contribution >= 4 is 29.1 Å². The lowest BCUT2D eigenvalue weighted by atomic mass is 10.2. The van der Waals surface area contributed by atoms with Crippen molar-refractivity contribution in [1.82, 2.24) is 5.32 Å². The van der Waals surface area contributed by atoms with E-state index in [1.807, 2.05) is 25.1 Å². The monoisotopic (exact) mass is 335 g/mol. The Morgan fingerprint density at radius 3 is 2.87 bits per heavy atom. The highest BCUT2D eigenvalue weighted by atomic mass is 32.2. The fourth-order valence-electron chi connectivity index (χ4n) is 1.86. The molecule has 2 rings (SSSR count). The lowest BCUT2D eigenvalue weighted by Gasteiger charge is -2.10. The van der Waals surface area contributed by atoms with E-state index in [9.17, 15) is 4.79 Å². The number of nitrogens with one attached hydrogen (secondary N) is 1. The van der Waals surface area contributed by atoms with E-state index >= 15 is 0 Å². The summed E-state index contributed by atoms with van der Waals surface area (Å²) < 4.78 is 11.0. The van der Waals surface area contributed by atoms with E-state index in [1.54, 1.807) is 13.3 Å². The topological polar surface area (TPSA) is 72.3 Å². The Hall–Kier alpha value is -2.02. The predicted molar refractivity (Wildman–Crippen MR) is 93.6 cm³/mol. The van der Waals surface area contributed by atoms with Crippen molar-refractivity contribution in [3.63, 3.8) is 0 Å². The molecule has 1 heterocycles. The molecule has 6 nitrogen and oxygen atoms in total. The number of thioether (sulfide) groups is 1. The largest absolute Gasteiger partial charge is 0.493 e. The van der Waals surface area contributed by atoms with Gasteiger partial charge in [-0.25, -0.2) is 0 Å². The van der Waals surface area contributed by atoms with Gasteiger partial charge in [-0.2, -0.15) is 5.10 Å². The Morgan fingerprint density at radius 2 is 2.22 bits per heavy atom. The minimum atomic E-state index is -0.122. The summed E-state index contributed by atoms with van der Waals surface area (Å²) >= 11 is 1.36. The third kappa shape index (κ3) is 4.99. The Bertz CT molecular complexity index is 617. The lowest BCUT2D eigenvalue weighted by Crippen LogP contribution is -2.23. The van der Waals surface area contributed by atoms with Crippen molar-refractivity contribution in [2.45, 2.75) is 31.9 Å². The molecule has 1 unspecified atom stereocenters. The maximum absolute atomic E-state index is 11.4. The first-order chi connectivity index (χ1) is 11.1. The molecule has 0 radical (unpaired) electrons. The number of unbranched alkanes of at least 4 members (excludes halogenated alkanes) is 1. The average molecular weight is 335 g/mol. The van der Waals surface area contributed by atoms with Crippen molar-refractivity contribution in [3.8, 4) is 11.5 Å². The molecule has 0 bridgehead atoms. The van der Waals surface area contributed by atoms with Crippen LogP contribution in [0, 0.1) is 0 Å². The minimum absolute atomic E-state index is 0.0424. The molecule has 0 aliphatic carbocycles. The molecule has 1 saturated heterocycles. The van der Waals surface area contributed by atoms with Gasteiger partial charge in [0.05, 0.1) is 25.2 Å². The number of rotatable bonds is 7. The molecule has 1 atom stereocenters. The van der Waals surface area contributed by atoms with E-state index in [-0.39, 0.29) is 11.2 Å². The zero-order valence-electron chi connectivity index (χ0n) is 13.5. The second-order valence-electron chi connectivity index (χ2n) is 5.01. The van der Waals surface area contributed by atoms with Gasteiger partial charge in [-0.15, -0.1) is 5.10 Å². The van der Waals surface area contributed by atoms with E-state index in [1.165, 1.54) is 11.8 Å². The molecule has 1 aliphatic heterocycles. The molecule has 1 aromatic rings. The molecule has 1 fully saturated rings. The van der Waals surface area contributed by atoms with E-state index in [4.69, 9.17) is 9.47 Å². The molecular formula is C16H21N3O3S. The van der Waals surface area contributed by atoms with Crippen molar-refractivity contribution in [1.29, 1.82) is 0 Å². The average Bonchev–Trinajstić information content (AvgIpc) is 2.87. The van der Waals surface area contributed by atoms with Crippen LogP contribution in [-0.4, -0.2) is 36.3 Å². The molecule has 7 heteroatoms. The second kappa shape index (κ2) is 8.57. The molecule has 0 saturated carbocycles. The highest BCUT2D eigenvalue weighted by molar-refractivity contribution is 8.15. The molecule has 0 spiro atoms. The number of hydrogen-bond donors (Lipinski definition) is 1. The van der Waals surface area contributed by atoms with Crippen LogP contribution in [0.5, 0.6) is 11.5 Å². The summed E-state index contributed by atoms with van der Waals surface area (Å²) in [5.41, 5.74) is 0.844. The normalized spacial score (nSPS) is 19.3. The number of carbonyl (C=O) groups excluding carboxylic acids is 1. The molecule has 1 amide bonds. The van der Waals surface area contributed by atoms with Crippen LogP contribution in [0.15, 0.2) is 28.4 Å². The fourth-order valence-corrected chi connectivity index (χ4v) is 2.62. The molecular weight excluding hydrogens is 314 g/mol. The van der Waals surface area contributed by atoms with Gasteiger partial charge in [-0.1, -0.05) is 25.1 Å². The summed E-state index contributed by atoms with van der Waals surface area (Å²) in [6.07, 6.45) is 3.70. The number of carbonyl (C=O) groups is 1. The van der Waals surface area contributed by atoms with Crippen LogP contribution in [-0.2, 0) is 4.79 Å². The van der Waals surface area contributed by atoms with Gasteiger partial charge < -0.3 is 14.8 Å². The van der Waals surface area contributed by atoms with Gasteiger partial charge in [-0.3, -0.25) is 4.79 Å². The summed E-state index contributed by atoms with van der Waals surface area (Å²) in [5, 5.41) is 11.1. The standard InChI is InChI=1S/C16H21N3O3S/c1-4-5-8-22-13-7-6-12(9-14(13)21-3)10-17-19-16-18-15(20)11(2)23-16/h6-7,9-11H,4-5,8H2,1-3H3,(H,18,19,20). The van der Waals surface area contributed by atoms with Gasteiger partial charge >= 0.3 is 0 Å². The first kappa shape index (κ1) is 17.3. The smallest absolute Gasteiger partial charge is 0.239 e. The summed E-state index contributed by atoms with van der Waals surface area (Å²) in [4.78, 5) is 11.4. The van der Waals surface area contributed by atoms with Crippen LogP contribution < -0.4 is 14.8 Å². The van der Waals surface area contributed by atoms with Crippen LogP contribution in [0.25, 0.3) is 0 Å². The number of nitrogens with zero attached hydrogens (tertiary/aromatic N) is 2. The molecule has 124 valence electrons.